The minimum absolute atomic E-state index is 0.156. The van der Waals surface area contributed by atoms with E-state index in [1.54, 1.807) is 10.4 Å². The van der Waals surface area contributed by atoms with Crippen LogP contribution >= 0.6 is 11.3 Å². The zero-order valence-corrected chi connectivity index (χ0v) is 11.6. The molecule has 1 nitrogen and oxygen atoms in total. The summed E-state index contributed by atoms with van der Waals surface area (Å²) in [6.07, 6.45) is 4.79. The predicted molar refractivity (Wildman–Crippen MR) is 78.2 cm³/mol. The molecule has 0 fully saturated rings. The molecular weight excluding hydrogens is 238 g/mol. The number of rotatable bonds is 3. The van der Waals surface area contributed by atoms with Crippen molar-refractivity contribution in [3.8, 4) is 0 Å². The lowest BCUT2D eigenvalue weighted by atomic mass is 10.0. The number of benzene rings is 1. The van der Waals surface area contributed by atoms with E-state index in [0.29, 0.717) is 0 Å². The molecular formula is C16H19NS. The fourth-order valence-corrected chi connectivity index (χ4v) is 3.87. The van der Waals surface area contributed by atoms with E-state index in [4.69, 9.17) is 5.73 Å². The van der Waals surface area contributed by atoms with Crippen LogP contribution in [0.4, 0.5) is 0 Å². The highest BCUT2D eigenvalue weighted by atomic mass is 32.1. The Labute approximate surface area is 113 Å². The van der Waals surface area contributed by atoms with Crippen molar-refractivity contribution in [2.45, 2.75) is 38.6 Å². The van der Waals surface area contributed by atoms with Gasteiger partial charge in [0.2, 0.25) is 0 Å². The third-order valence-corrected chi connectivity index (χ3v) is 5.08. The minimum Gasteiger partial charge on any atom is -0.323 e. The summed E-state index contributed by atoms with van der Waals surface area (Å²) in [6, 6.07) is 11.2. The summed E-state index contributed by atoms with van der Waals surface area (Å²) in [6.45, 7) is 2.12. The van der Waals surface area contributed by atoms with Crippen LogP contribution < -0.4 is 5.73 Å². The van der Waals surface area contributed by atoms with Crippen molar-refractivity contribution < 1.29 is 0 Å². The molecule has 2 aromatic rings. The SMILES string of the molecule is Cc1ccc(CC(N)c2cc3c(s2)CCC3)cc1. The van der Waals surface area contributed by atoms with Crippen molar-refractivity contribution in [1.82, 2.24) is 0 Å². The van der Waals surface area contributed by atoms with E-state index >= 15 is 0 Å². The molecule has 1 aliphatic carbocycles. The Bertz CT molecular complexity index is 517. The summed E-state index contributed by atoms with van der Waals surface area (Å²) >= 11 is 1.93. The second kappa shape index (κ2) is 4.87. The first kappa shape index (κ1) is 11.9. The van der Waals surface area contributed by atoms with Gasteiger partial charge >= 0.3 is 0 Å². The molecule has 0 aliphatic heterocycles. The van der Waals surface area contributed by atoms with Gasteiger partial charge in [-0.25, -0.2) is 0 Å². The number of hydrogen-bond donors (Lipinski definition) is 1. The van der Waals surface area contributed by atoms with E-state index < -0.39 is 0 Å². The van der Waals surface area contributed by atoms with E-state index in [1.165, 1.54) is 35.3 Å². The summed E-state index contributed by atoms with van der Waals surface area (Å²) in [5, 5.41) is 0. The predicted octanol–water partition coefficient (Wildman–Crippen LogP) is 3.79. The van der Waals surface area contributed by atoms with Crippen LogP contribution in [0.25, 0.3) is 0 Å². The molecule has 1 heterocycles. The van der Waals surface area contributed by atoms with Crippen molar-refractivity contribution in [3.05, 3.63) is 56.8 Å². The van der Waals surface area contributed by atoms with Crippen molar-refractivity contribution >= 4 is 11.3 Å². The lowest BCUT2D eigenvalue weighted by Crippen LogP contribution is -2.11. The molecule has 1 aliphatic rings. The number of fused-ring (bicyclic) bond motifs is 1. The summed E-state index contributed by atoms with van der Waals surface area (Å²) in [7, 11) is 0. The van der Waals surface area contributed by atoms with Crippen LogP contribution in [0.3, 0.4) is 0 Å². The van der Waals surface area contributed by atoms with Crippen LogP contribution in [-0.2, 0) is 19.3 Å². The molecule has 0 amide bonds. The maximum Gasteiger partial charge on any atom is 0.0430 e. The van der Waals surface area contributed by atoms with Crippen molar-refractivity contribution in [2.75, 3.05) is 0 Å². The Balaban J connectivity index is 1.74. The van der Waals surface area contributed by atoms with Crippen LogP contribution in [0.2, 0.25) is 0 Å². The quantitative estimate of drug-likeness (QED) is 0.889. The van der Waals surface area contributed by atoms with E-state index in [9.17, 15) is 0 Å². The average molecular weight is 257 g/mol. The van der Waals surface area contributed by atoms with Gasteiger partial charge < -0.3 is 5.73 Å². The Morgan fingerprint density at radius 1 is 1.22 bits per heavy atom. The van der Waals surface area contributed by atoms with Gasteiger partial charge in [-0.15, -0.1) is 11.3 Å². The maximum absolute atomic E-state index is 6.34. The molecule has 1 unspecified atom stereocenters. The molecule has 18 heavy (non-hydrogen) atoms. The Morgan fingerprint density at radius 2 is 2.00 bits per heavy atom. The molecule has 0 saturated carbocycles. The average Bonchev–Trinajstić information content (AvgIpc) is 2.92. The van der Waals surface area contributed by atoms with E-state index in [1.807, 2.05) is 11.3 Å². The van der Waals surface area contributed by atoms with E-state index in [0.717, 1.165) is 6.42 Å². The monoisotopic (exact) mass is 257 g/mol. The molecule has 1 atom stereocenters. The Hall–Kier alpha value is -1.12. The fraction of sp³-hybridized carbons (Fsp3) is 0.375. The topological polar surface area (TPSA) is 26.0 Å². The maximum atomic E-state index is 6.34. The van der Waals surface area contributed by atoms with Crippen LogP contribution in [0, 0.1) is 6.92 Å². The summed E-state index contributed by atoms with van der Waals surface area (Å²) in [5.74, 6) is 0. The van der Waals surface area contributed by atoms with Crippen LogP contribution in [0.5, 0.6) is 0 Å². The highest BCUT2D eigenvalue weighted by Gasteiger charge is 2.18. The summed E-state index contributed by atoms with van der Waals surface area (Å²) in [5.41, 5.74) is 10.5. The third-order valence-electron chi connectivity index (χ3n) is 3.71. The number of aryl methyl sites for hydroxylation is 3. The standard InChI is InChI=1S/C16H19NS/c1-11-5-7-12(8-6-11)9-14(17)16-10-13-3-2-4-15(13)18-16/h5-8,10,14H,2-4,9,17H2,1H3. The Morgan fingerprint density at radius 3 is 2.72 bits per heavy atom. The van der Waals surface area contributed by atoms with Gasteiger partial charge in [0.25, 0.3) is 0 Å². The first-order chi connectivity index (χ1) is 8.72. The van der Waals surface area contributed by atoms with Gasteiger partial charge in [-0.3, -0.25) is 0 Å². The Kier molecular flexibility index (Phi) is 3.23. The van der Waals surface area contributed by atoms with Crippen molar-refractivity contribution in [1.29, 1.82) is 0 Å². The molecule has 2 N–H and O–H groups in total. The molecule has 2 heteroatoms. The minimum atomic E-state index is 0.156. The summed E-state index contributed by atoms with van der Waals surface area (Å²) in [4.78, 5) is 2.93. The highest BCUT2D eigenvalue weighted by Crippen LogP contribution is 2.33. The number of thiophene rings is 1. The molecule has 1 aromatic heterocycles. The van der Waals surface area contributed by atoms with Gasteiger partial charge in [-0.05, 0) is 49.8 Å². The van der Waals surface area contributed by atoms with Gasteiger partial charge in [0.05, 0.1) is 0 Å². The van der Waals surface area contributed by atoms with Crippen molar-refractivity contribution in [3.63, 3.8) is 0 Å². The van der Waals surface area contributed by atoms with E-state index in [-0.39, 0.29) is 6.04 Å². The van der Waals surface area contributed by atoms with Gasteiger partial charge in [-0.1, -0.05) is 29.8 Å². The molecule has 0 bridgehead atoms. The highest BCUT2D eigenvalue weighted by molar-refractivity contribution is 7.12. The molecule has 0 saturated heterocycles. The lowest BCUT2D eigenvalue weighted by molar-refractivity contribution is 0.735. The molecule has 94 valence electrons. The van der Waals surface area contributed by atoms with Gasteiger partial charge in [-0.2, -0.15) is 0 Å². The number of nitrogens with two attached hydrogens (primary N) is 1. The lowest BCUT2D eigenvalue weighted by Gasteiger charge is -2.10. The smallest absolute Gasteiger partial charge is 0.0430 e. The molecule has 0 radical (unpaired) electrons. The number of hydrogen-bond acceptors (Lipinski definition) is 2. The third kappa shape index (κ3) is 2.36. The van der Waals surface area contributed by atoms with Crippen LogP contribution in [-0.4, -0.2) is 0 Å². The first-order valence-electron chi connectivity index (χ1n) is 6.65. The zero-order valence-electron chi connectivity index (χ0n) is 10.8. The van der Waals surface area contributed by atoms with Crippen LogP contribution in [0.15, 0.2) is 30.3 Å². The largest absolute Gasteiger partial charge is 0.323 e. The normalized spacial score (nSPS) is 15.7. The van der Waals surface area contributed by atoms with Crippen molar-refractivity contribution in [2.24, 2.45) is 5.73 Å². The summed E-state index contributed by atoms with van der Waals surface area (Å²) < 4.78 is 0. The first-order valence-corrected chi connectivity index (χ1v) is 7.46. The molecule has 1 aromatic carbocycles. The van der Waals surface area contributed by atoms with Gasteiger partial charge in [0.15, 0.2) is 0 Å². The van der Waals surface area contributed by atoms with Gasteiger partial charge in [0.1, 0.15) is 0 Å². The molecule has 0 spiro atoms. The molecule has 3 rings (SSSR count). The zero-order chi connectivity index (χ0) is 12.5. The van der Waals surface area contributed by atoms with Crippen LogP contribution in [0.1, 0.15) is 38.9 Å². The van der Waals surface area contributed by atoms with E-state index in [2.05, 4.69) is 37.3 Å². The second-order valence-corrected chi connectivity index (χ2v) is 6.42. The van der Waals surface area contributed by atoms with Gasteiger partial charge in [0, 0.05) is 15.8 Å². The fourth-order valence-electron chi connectivity index (χ4n) is 2.61. The second-order valence-electron chi connectivity index (χ2n) is 5.25.